The third-order valence-corrected chi connectivity index (χ3v) is 6.56. The molecule has 0 spiro atoms. The second kappa shape index (κ2) is 8.06. The van der Waals surface area contributed by atoms with Crippen molar-refractivity contribution in [3.63, 3.8) is 0 Å². The van der Waals surface area contributed by atoms with Crippen LogP contribution in [-0.4, -0.2) is 0 Å². The minimum absolute atomic E-state index is 0.0217. The summed E-state index contributed by atoms with van der Waals surface area (Å²) in [6.45, 7) is 13.5. The smallest absolute Gasteiger partial charge is 0.139 e. The third-order valence-electron chi connectivity index (χ3n) is 6.56. The summed E-state index contributed by atoms with van der Waals surface area (Å²) < 4.78 is 6.43. The quantitative estimate of drug-likeness (QED) is 0.298. The Morgan fingerprint density at radius 3 is 2.12 bits per heavy atom. The number of hydrogen-bond acceptors (Lipinski definition) is 2. The summed E-state index contributed by atoms with van der Waals surface area (Å²) in [7, 11) is 0. The topological polar surface area (TPSA) is 25.2 Å². The summed E-state index contributed by atoms with van der Waals surface area (Å²) in [4.78, 5) is 0. The van der Waals surface area contributed by atoms with Crippen molar-refractivity contribution in [2.75, 3.05) is 5.32 Å². The average Bonchev–Trinajstić information content (AvgIpc) is 3.16. The van der Waals surface area contributed by atoms with E-state index < -0.39 is 0 Å². The maximum atomic E-state index is 6.43. The van der Waals surface area contributed by atoms with Crippen LogP contribution in [0.15, 0.2) is 89.3 Å². The fraction of sp³-hybridized carbons (Fsp3) is 0.250. The standard InChI is InChI=1S/C32H33NO/c1-31(2,3)22-15-18-28(26(19-22)21-11-8-7-9-12-21)33-23-16-17-24-25-13-10-14-27(32(4,5)6)30(25)34-29(24)20-23/h7-20,33H,1-6H3. The van der Waals surface area contributed by atoms with Gasteiger partial charge in [0.2, 0.25) is 0 Å². The molecule has 0 radical (unpaired) electrons. The first-order valence-corrected chi connectivity index (χ1v) is 12.0. The van der Waals surface area contributed by atoms with Gasteiger partial charge in [-0.05, 0) is 46.2 Å². The molecule has 2 nitrogen and oxygen atoms in total. The number of rotatable bonds is 3. The Morgan fingerprint density at radius 2 is 1.41 bits per heavy atom. The molecule has 5 aromatic rings. The Labute approximate surface area is 202 Å². The van der Waals surface area contributed by atoms with E-state index in [2.05, 4.69) is 132 Å². The lowest BCUT2D eigenvalue weighted by molar-refractivity contribution is 0.573. The zero-order valence-electron chi connectivity index (χ0n) is 21.0. The van der Waals surface area contributed by atoms with Gasteiger partial charge in [-0.2, -0.15) is 0 Å². The highest BCUT2D eigenvalue weighted by Gasteiger charge is 2.21. The normalized spacial score (nSPS) is 12.4. The Balaban J connectivity index is 1.60. The number of furan rings is 1. The van der Waals surface area contributed by atoms with Crippen molar-refractivity contribution in [3.05, 3.63) is 96.1 Å². The lowest BCUT2D eigenvalue weighted by Crippen LogP contribution is -2.11. The molecule has 0 aliphatic rings. The second-order valence-corrected chi connectivity index (χ2v) is 11.2. The zero-order chi connectivity index (χ0) is 24.1. The SMILES string of the molecule is CC(C)(C)c1ccc(Nc2ccc3c(c2)oc2c(C(C)(C)C)cccc23)c(-c2ccccc2)c1. The average molecular weight is 448 g/mol. The predicted octanol–water partition coefficient (Wildman–Crippen LogP) is 9.59. The van der Waals surface area contributed by atoms with Crippen LogP contribution in [0.5, 0.6) is 0 Å². The van der Waals surface area contributed by atoms with Gasteiger partial charge in [-0.15, -0.1) is 0 Å². The van der Waals surface area contributed by atoms with Crippen LogP contribution in [0.1, 0.15) is 52.7 Å². The van der Waals surface area contributed by atoms with E-state index in [1.807, 2.05) is 0 Å². The van der Waals surface area contributed by atoms with E-state index in [0.29, 0.717) is 0 Å². The molecule has 34 heavy (non-hydrogen) atoms. The van der Waals surface area contributed by atoms with E-state index in [0.717, 1.165) is 27.9 Å². The minimum Gasteiger partial charge on any atom is -0.456 e. The summed E-state index contributed by atoms with van der Waals surface area (Å²) in [6, 6.07) is 30.2. The summed E-state index contributed by atoms with van der Waals surface area (Å²) in [6.07, 6.45) is 0. The van der Waals surface area contributed by atoms with Gasteiger partial charge in [-0.25, -0.2) is 0 Å². The summed E-state index contributed by atoms with van der Waals surface area (Å²) in [5, 5.41) is 6.00. The molecule has 5 rings (SSSR count). The van der Waals surface area contributed by atoms with Crippen molar-refractivity contribution >= 4 is 33.3 Å². The Kier molecular flexibility index (Phi) is 5.28. The molecular formula is C32H33NO. The molecule has 1 heterocycles. The van der Waals surface area contributed by atoms with Crippen LogP contribution in [0, 0.1) is 0 Å². The van der Waals surface area contributed by atoms with E-state index in [9.17, 15) is 0 Å². The Bertz CT molecular complexity index is 1480. The van der Waals surface area contributed by atoms with Gasteiger partial charge in [-0.3, -0.25) is 0 Å². The van der Waals surface area contributed by atoms with Crippen LogP contribution in [0.2, 0.25) is 0 Å². The maximum absolute atomic E-state index is 6.43. The van der Waals surface area contributed by atoms with Crippen molar-refractivity contribution < 1.29 is 4.42 Å². The zero-order valence-corrected chi connectivity index (χ0v) is 21.0. The van der Waals surface area contributed by atoms with E-state index in [1.165, 1.54) is 27.6 Å². The molecule has 1 N–H and O–H groups in total. The van der Waals surface area contributed by atoms with Gasteiger partial charge in [0.15, 0.2) is 0 Å². The van der Waals surface area contributed by atoms with Gasteiger partial charge < -0.3 is 9.73 Å². The van der Waals surface area contributed by atoms with Gasteiger partial charge >= 0.3 is 0 Å². The number of fused-ring (bicyclic) bond motifs is 3. The fourth-order valence-corrected chi connectivity index (χ4v) is 4.60. The molecule has 172 valence electrons. The van der Waals surface area contributed by atoms with E-state index >= 15 is 0 Å². The van der Waals surface area contributed by atoms with Crippen LogP contribution in [-0.2, 0) is 10.8 Å². The molecule has 0 aliphatic heterocycles. The predicted molar refractivity (Wildman–Crippen MR) is 146 cm³/mol. The van der Waals surface area contributed by atoms with E-state index in [4.69, 9.17) is 4.42 Å². The number of para-hydroxylation sites is 1. The molecule has 0 fully saturated rings. The van der Waals surface area contributed by atoms with Crippen molar-refractivity contribution in [1.29, 1.82) is 0 Å². The highest BCUT2D eigenvalue weighted by molar-refractivity contribution is 6.07. The Hall–Kier alpha value is -3.52. The molecule has 0 aliphatic carbocycles. The van der Waals surface area contributed by atoms with Gasteiger partial charge in [0, 0.05) is 39.3 Å². The lowest BCUT2D eigenvalue weighted by Gasteiger charge is -2.22. The molecule has 0 unspecified atom stereocenters. The first-order valence-electron chi connectivity index (χ1n) is 12.0. The molecular weight excluding hydrogens is 414 g/mol. The monoisotopic (exact) mass is 447 g/mol. The largest absolute Gasteiger partial charge is 0.456 e. The lowest BCUT2D eigenvalue weighted by atomic mass is 9.85. The van der Waals surface area contributed by atoms with Gasteiger partial charge in [0.1, 0.15) is 11.2 Å². The molecule has 2 heteroatoms. The van der Waals surface area contributed by atoms with E-state index in [-0.39, 0.29) is 10.8 Å². The molecule has 0 saturated carbocycles. The van der Waals surface area contributed by atoms with Gasteiger partial charge in [0.05, 0.1) is 0 Å². The van der Waals surface area contributed by atoms with Crippen molar-refractivity contribution in [2.45, 2.75) is 52.4 Å². The molecule has 0 amide bonds. The van der Waals surface area contributed by atoms with Gasteiger partial charge in [0.25, 0.3) is 0 Å². The van der Waals surface area contributed by atoms with Crippen molar-refractivity contribution in [2.24, 2.45) is 0 Å². The van der Waals surface area contributed by atoms with Crippen LogP contribution < -0.4 is 5.32 Å². The first kappa shape index (κ1) is 22.3. The van der Waals surface area contributed by atoms with Crippen LogP contribution >= 0.6 is 0 Å². The highest BCUT2D eigenvalue weighted by atomic mass is 16.3. The summed E-state index contributed by atoms with van der Waals surface area (Å²) in [5.41, 5.74) is 9.07. The van der Waals surface area contributed by atoms with Crippen molar-refractivity contribution in [3.8, 4) is 11.1 Å². The molecule has 0 saturated heterocycles. The molecule has 0 bridgehead atoms. The van der Waals surface area contributed by atoms with Gasteiger partial charge in [-0.1, -0.05) is 96.1 Å². The number of benzene rings is 4. The first-order chi connectivity index (χ1) is 16.1. The number of hydrogen-bond donors (Lipinski definition) is 1. The summed E-state index contributed by atoms with van der Waals surface area (Å²) >= 11 is 0. The number of nitrogens with one attached hydrogen (secondary N) is 1. The summed E-state index contributed by atoms with van der Waals surface area (Å²) in [5.74, 6) is 0. The maximum Gasteiger partial charge on any atom is 0.139 e. The molecule has 0 atom stereocenters. The second-order valence-electron chi connectivity index (χ2n) is 11.2. The Morgan fingerprint density at radius 1 is 0.647 bits per heavy atom. The van der Waals surface area contributed by atoms with E-state index in [1.54, 1.807) is 0 Å². The fourth-order valence-electron chi connectivity index (χ4n) is 4.60. The number of anilines is 2. The van der Waals surface area contributed by atoms with Crippen LogP contribution in [0.25, 0.3) is 33.1 Å². The third kappa shape index (κ3) is 4.09. The molecule has 1 aromatic heterocycles. The van der Waals surface area contributed by atoms with Crippen LogP contribution in [0.4, 0.5) is 11.4 Å². The molecule has 4 aromatic carbocycles. The highest BCUT2D eigenvalue weighted by Crippen LogP contribution is 2.39. The van der Waals surface area contributed by atoms with Crippen molar-refractivity contribution in [1.82, 2.24) is 0 Å². The van der Waals surface area contributed by atoms with Crippen LogP contribution in [0.3, 0.4) is 0 Å². The minimum atomic E-state index is 0.0217.